The average molecular weight is 412 g/mol. The minimum atomic E-state index is -0.0804. The number of aliphatic hydroxyl groups is 1. The van der Waals surface area contributed by atoms with Crippen molar-refractivity contribution in [1.82, 2.24) is 19.8 Å². The Morgan fingerprint density at radius 1 is 1.23 bits per heavy atom. The number of nitrogens with one attached hydrogen (secondary N) is 1. The van der Waals surface area contributed by atoms with E-state index in [4.69, 9.17) is 9.73 Å². The van der Waals surface area contributed by atoms with Gasteiger partial charge in [-0.05, 0) is 58.1 Å². The number of carbonyl (C=O) groups is 1. The van der Waals surface area contributed by atoms with E-state index >= 15 is 0 Å². The quantitative estimate of drug-likeness (QED) is 0.646. The fourth-order valence-corrected chi connectivity index (χ4v) is 3.04. The fourth-order valence-electron chi connectivity index (χ4n) is 3.04. The van der Waals surface area contributed by atoms with E-state index in [1.54, 1.807) is 13.0 Å². The summed E-state index contributed by atoms with van der Waals surface area (Å²) in [5.74, 6) is 0.366. The summed E-state index contributed by atoms with van der Waals surface area (Å²) in [6, 6.07) is 4.01. The van der Waals surface area contributed by atoms with Crippen LogP contribution in [0, 0.1) is 13.8 Å². The lowest BCUT2D eigenvalue weighted by Crippen LogP contribution is -2.26. The summed E-state index contributed by atoms with van der Waals surface area (Å²) in [6.07, 6.45) is 3.26. The SMILES string of the molecule is CC1=CC(=Nc2c(OCCN(C)C)nn3c(C)c(C)ccc23)C(NCCO)=CC1=O. The van der Waals surface area contributed by atoms with Crippen LogP contribution >= 0.6 is 0 Å². The van der Waals surface area contributed by atoms with Crippen LogP contribution in [0.4, 0.5) is 5.69 Å². The van der Waals surface area contributed by atoms with Crippen molar-refractivity contribution in [1.29, 1.82) is 0 Å². The summed E-state index contributed by atoms with van der Waals surface area (Å²) in [4.78, 5) is 19.0. The van der Waals surface area contributed by atoms with E-state index in [0.717, 1.165) is 23.3 Å². The second-order valence-corrected chi connectivity index (χ2v) is 7.60. The smallest absolute Gasteiger partial charge is 0.260 e. The molecule has 30 heavy (non-hydrogen) atoms. The van der Waals surface area contributed by atoms with Crippen molar-refractivity contribution in [2.45, 2.75) is 20.8 Å². The molecule has 0 atom stereocenters. The molecule has 0 amide bonds. The highest BCUT2D eigenvalue weighted by Gasteiger charge is 2.20. The molecular weight excluding hydrogens is 382 g/mol. The average Bonchev–Trinajstić information content (AvgIpc) is 3.04. The Labute approximate surface area is 176 Å². The van der Waals surface area contributed by atoms with Crippen molar-refractivity contribution in [3.8, 4) is 5.88 Å². The second kappa shape index (κ2) is 9.23. The molecule has 2 heterocycles. The number of fused-ring (bicyclic) bond motifs is 1. The standard InChI is InChI=1S/C22H29N5O3/c1-14-6-7-19-21(22(25-27(19)16(14)3)30-11-9-26(4)5)24-18-12-15(2)20(29)13-17(18)23-8-10-28/h6-7,12-13,23,28H,8-11H2,1-5H3. The number of hydrogen-bond donors (Lipinski definition) is 2. The number of allylic oxidation sites excluding steroid dienone is 3. The van der Waals surface area contributed by atoms with Crippen molar-refractivity contribution < 1.29 is 14.6 Å². The van der Waals surface area contributed by atoms with Crippen molar-refractivity contribution in [3.63, 3.8) is 0 Å². The number of aliphatic imine (C=N–C) groups is 1. The highest BCUT2D eigenvalue weighted by molar-refractivity contribution is 6.22. The summed E-state index contributed by atoms with van der Waals surface area (Å²) in [6.45, 7) is 7.31. The molecule has 0 saturated carbocycles. The molecule has 8 heteroatoms. The minimum Gasteiger partial charge on any atom is -0.474 e. The number of carbonyl (C=O) groups excluding carboxylic acids is 1. The zero-order chi connectivity index (χ0) is 21.8. The van der Waals surface area contributed by atoms with Crippen LogP contribution in [-0.2, 0) is 4.79 Å². The van der Waals surface area contributed by atoms with Crippen LogP contribution in [0.5, 0.6) is 5.88 Å². The molecule has 1 aliphatic rings. The van der Waals surface area contributed by atoms with E-state index in [2.05, 4.69) is 10.4 Å². The molecular formula is C22H29N5O3. The number of aliphatic hydroxyl groups excluding tert-OH is 1. The first kappa shape index (κ1) is 21.7. The number of rotatable bonds is 8. The van der Waals surface area contributed by atoms with Crippen LogP contribution in [0.25, 0.3) is 5.52 Å². The number of ether oxygens (including phenoxy) is 1. The zero-order valence-corrected chi connectivity index (χ0v) is 18.2. The first-order valence-electron chi connectivity index (χ1n) is 9.96. The van der Waals surface area contributed by atoms with Gasteiger partial charge in [0, 0.05) is 24.9 Å². The Kier molecular flexibility index (Phi) is 6.69. The number of aromatic nitrogens is 2. The van der Waals surface area contributed by atoms with Gasteiger partial charge in [0.1, 0.15) is 6.61 Å². The zero-order valence-electron chi connectivity index (χ0n) is 18.2. The Bertz CT molecular complexity index is 1050. The summed E-state index contributed by atoms with van der Waals surface area (Å²) < 4.78 is 7.83. The number of aryl methyl sites for hydroxylation is 2. The molecule has 0 aliphatic heterocycles. The van der Waals surface area contributed by atoms with Crippen LogP contribution in [0.3, 0.4) is 0 Å². The molecule has 0 bridgehead atoms. The van der Waals surface area contributed by atoms with Gasteiger partial charge in [-0.15, -0.1) is 5.10 Å². The van der Waals surface area contributed by atoms with Gasteiger partial charge in [-0.2, -0.15) is 0 Å². The number of likely N-dealkylation sites (N-methyl/N-ethyl adjacent to an activating group) is 1. The molecule has 2 aromatic rings. The van der Waals surface area contributed by atoms with E-state index in [0.29, 0.717) is 41.7 Å². The van der Waals surface area contributed by atoms with Crippen molar-refractivity contribution in [2.75, 3.05) is 40.4 Å². The van der Waals surface area contributed by atoms with E-state index in [1.165, 1.54) is 6.08 Å². The maximum absolute atomic E-state index is 12.1. The molecule has 0 spiro atoms. The van der Waals surface area contributed by atoms with Crippen molar-refractivity contribution >= 4 is 22.7 Å². The van der Waals surface area contributed by atoms with Gasteiger partial charge in [0.15, 0.2) is 11.5 Å². The number of ketones is 1. The summed E-state index contributed by atoms with van der Waals surface area (Å²) >= 11 is 0. The predicted molar refractivity (Wildman–Crippen MR) is 118 cm³/mol. The van der Waals surface area contributed by atoms with Crippen molar-refractivity contribution in [3.05, 3.63) is 46.8 Å². The predicted octanol–water partition coefficient (Wildman–Crippen LogP) is 1.96. The van der Waals surface area contributed by atoms with E-state index in [1.807, 2.05) is 49.5 Å². The maximum Gasteiger partial charge on any atom is 0.260 e. The minimum absolute atomic E-state index is 0.0460. The Morgan fingerprint density at radius 3 is 2.70 bits per heavy atom. The second-order valence-electron chi connectivity index (χ2n) is 7.60. The van der Waals surface area contributed by atoms with Crippen LogP contribution in [0.15, 0.2) is 40.5 Å². The maximum atomic E-state index is 12.1. The van der Waals surface area contributed by atoms with Crippen LogP contribution in [0.2, 0.25) is 0 Å². The van der Waals surface area contributed by atoms with Gasteiger partial charge in [0.05, 0.1) is 23.5 Å². The Morgan fingerprint density at radius 2 is 2.00 bits per heavy atom. The Hall–Kier alpha value is -2.97. The van der Waals surface area contributed by atoms with E-state index < -0.39 is 0 Å². The number of pyridine rings is 1. The largest absolute Gasteiger partial charge is 0.474 e. The number of nitrogens with zero attached hydrogens (tertiary/aromatic N) is 4. The lowest BCUT2D eigenvalue weighted by atomic mass is 10.0. The lowest BCUT2D eigenvalue weighted by Gasteiger charge is -2.15. The van der Waals surface area contributed by atoms with Crippen LogP contribution < -0.4 is 10.1 Å². The summed E-state index contributed by atoms with van der Waals surface area (Å²) in [5, 5.41) is 16.9. The third-order valence-electron chi connectivity index (χ3n) is 4.97. The van der Waals surface area contributed by atoms with Gasteiger partial charge >= 0.3 is 0 Å². The van der Waals surface area contributed by atoms with Crippen molar-refractivity contribution in [2.24, 2.45) is 4.99 Å². The van der Waals surface area contributed by atoms with Gasteiger partial charge in [-0.25, -0.2) is 9.51 Å². The van der Waals surface area contributed by atoms with Gasteiger partial charge in [-0.1, -0.05) is 6.07 Å². The fraction of sp³-hybridized carbons (Fsp3) is 0.409. The molecule has 160 valence electrons. The molecule has 2 aromatic heterocycles. The number of hydrogen-bond acceptors (Lipinski definition) is 7. The molecule has 0 radical (unpaired) electrons. The third-order valence-corrected chi connectivity index (χ3v) is 4.97. The normalized spacial score (nSPS) is 15.7. The lowest BCUT2D eigenvalue weighted by molar-refractivity contribution is -0.111. The van der Waals surface area contributed by atoms with E-state index in [9.17, 15) is 9.90 Å². The van der Waals surface area contributed by atoms with Crippen LogP contribution in [0.1, 0.15) is 18.2 Å². The molecule has 0 fully saturated rings. The first-order chi connectivity index (χ1) is 14.3. The molecule has 3 rings (SSSR count). The summed E-state index contributed by atoms with van der Waals surface area (Å²) in [5.41, 5.74) is 5.34. The molecule has 8 nitrogen and oxygen atoms in total. The highest BCUT2D eigenvalue weighted by atomic mass is 16.5. The summed E-state index contributed by atoms with van der Waals surface area (Å²) in [7, 11) is 3.97. The van der Waals surface area contributed by atoms with Gasteiger partial charge in [-0.3, -0.25) is 4.79 Å². The highest BCUT2D eigenvalue weighted by Crippen LogP contribution is 2.34. The van der Waals surface area contributed by atoms with E-state index in [-0.39, 0.29) is 12.4 Å². The molecule has 1 aliphatic carbocycles. The van der Waals surface area contributed by atoms with Gasteiger partial charge < -0.3 is 20.1 Å². The van der Waals surface area contributed by atoms with Crippen LogP contribution in [-0.4, -0.2) is 71.5 Å². The first-order valence-corrected chi connectivity index (χ1v) is 9.96. The van der Waals surface area contributed by atoms with Gasteiger partial charge in [0.25, 0.3) is 5.88 Å². The Balaban J connectivity index is 2.11. The van der Waals surface area contributed by atoms with Gasteiger partial charge in [0.2, 0.25) is 0 Å². The monoisotopic (exact) mass is 411 g/mol. The molecule has 0 aromatic carbocycles. The third kappa shape index (κ3) is 4.60. The molecule has 2 N–H and O–H groups in total. The molecule has 0 unspecified atom stereocenters. The topological polar surface area (TPSA) is 91.5 Å². The molecule has 0 saturated heterocycles.